The molecule has 0 unspecified atom stereocenters. The van der Waals surface area contributed by atoms with Crippen molar-refractivity contribution >= 4 is 28.7 Å². The standard InChI is InChI=1S/C30H37N7O3/c1-5-7-23(34-29(39)40-30(2,3)4)28(38)35-26-21-14-13-20(16-24(21)36-37-26)18-9-11-19(12-10-18)25-17-32-27(33-25)22-8-6-15-31-22/h9-14,16-17,22-23,31H,5-8,15H2,1-4H3,(H,32,33)(H,34,39)(H2,35,36,37,38)/t22-,23-/m0/s1. The number of benzene rings is 2. The van der Waals surface area contributed by atoms with Crippen LogP contribution >= 0.6 is 0 Å². The van der Waals surface area contributed by atoms with Gasteiger partial charge in [-0.1, -0.05) is 43.7 Å². The third-order valence-electron chi connectivity index (χ3n) is 6.90. The quantitative estimate of drug-likeness (QED) is 0.194. The van der Waals surface area contributed by atoms with Crippen LogP contribution in [0.1, 0.15) is 65.2 Å². The van der Waals surface area contributed by atoms with Gasteiger partial charge in [-0.15, -0.1) is 0 Å². The van der Waals surface area contributed by atoms with Gasteiger partial charge in [0.25, 0.3) is 0 Å². The van der Waals surface area contributed by atoms with Crippen molar-refractivity contribution in [2.45, 2.75) is 71.1 Å². The molecule has 10 heteroatoms. The van der Waals surface area contributed by atoms with Gasteiger partial charge in [0.1, 0.15) is 17.5 Å². The number of alkyl carbamates (subject to hydrolysis) is 1. The van der Waals surface area contributed by atoms with Crippen molar-refractivity contribution in [1.82, 2.24) is 30.8 Å². The fraction of sp³-hybridized carbons (Fsp3) is 0.400. The predicted molar refractivity (Wildman–Crippen MR) is 156 cm³/mol. The number of hydrogen-bond acceptors (Lipinski definition) is 6. The van der Waals surface area contributed by atoms with Crippen molar-refractivity contribution in [3.05, 3.63) is 54.5 Å². The van der Waals surface area contributed by atoms with Crippen molar-refractivity contribution in [2.75, 3.05) is 11.9 Å². The third-order valence-corrected chi connectivity index (χ3v) is 6.90. The Labute approximate surface area is 233 Å². The molecular formula is C30H37N7O3. The molecular weight excluding hydrogens is 506 g/mol. The number of H-pyrrole nitrogens is 2. The first kappa shape index (κ1) is 27.4. The number of imidazole rings is 1. The molecule has 10 nitrogen and oxygen atoms in total. The van der Waals surface area contributed by atoms with Crippen molar-refractivity contribution in [3.8, 4) is 22.4 Å². The number of hydrogen-bond donors (Lipinski definition) is 5. The fourth-order valence-electron chi connectivity index (χ4n) is 4.93. The Morgan fingerprint density at radius 3 is 2.55 bits per heavy atom. The van der Waals surface area contributed by atoms with Gasteiger partial charge in [0, 0.05) is 5.39 Å². The smallest absolute Gasteiger partial charge is 0.408 e. The summed E-state index contributed by atoms with van der Waals surface area (Å²) in [6, 6.07) is 13.9. The molecule has 0 aliphatic carbocycles. The second-order valence-electron chi connectivity index (χ2n) is 11.2. The van der Waals surface area contributed by atoms with E-state index in [1.54, 1.807) is 20.8 Å². The lowest BCUT2D eigenvalue weighted by molar-refractivity contribution is -0.118. The SMILES string of the molecule is CCC[C@H](NC(=O)OC(C)(C)C)C(=O)Nc1n[nH]c2cc(-c3ccc(-c4cnc([C@@H]5CCCN5)[nH]4)cc3)ccc12. The first-order valence-corrected chi connectivity index (χ1v) is 13.9. The highest BCUT2D eigenvalue weighted by atomic mass is 16.6. The molecule has 1 saturated heterocycles. The highest BCUT2D eigenvalue weighted by Crippen LogP contribution is 2.30. The number of nitrogens with one attached hydrogen (secondary N) is 5. The number of aromatic nitrogens is 4. The summed E-state index contributed by atoms with van der Waals surface area (Å²) >= 11 is 0. The zero-order valence-electron chi connectivity index (χ0n) is 23.4. The topological polar surface area (TPSA) is 137 Å². The third kappa shape index (κ3) is 6.34. The molecule has 2 aromatic carbocycles. The summed E-state index contributed by atoms with van der Waals surface area (Å²) in [6.45, 7) is 8.33. The fourth-order valence-corrected chi connectivity index (χ4v) is 4.93. The van der Waals surface area contributed by atoms with E-state index in [9.17, 15) is 9.59 Å². The molecule has 5 rings (SSSR count). The van der Waals surface area contributed by atoms with Crippen LogP contribution in [0.2, 0.25) is 0 Å². The van der Waals surface area contributed by atoms with Crippen LogP contribution in [-0.2, 0) is 9.53 Å². The molecule has 2 aromatic heterocycles. The lowest BCUT2D eigenvalue weighted by Crippen LogP contribution is -2.45. The molecule has 0 saturated carbocycles. The van der Waals surface area contributed by atoms with E-state index >= 15 is 0 Å². The number of anilines is 1. The van der Waals surface area contributed by atoms with Gasteiger partial charge in [-0.25, -0.2) is 9.78 Å². The maximum absolute atomic E-state index is 13.0. The minimum absolute atomic E-state index is 0.308. The molecule has 2 amide bonds. The van der Waals surface area contributed by atoms with E-state index in [1.165, 1.54) is 6.42 Å². The van der Waals surface area contributed by atoms with Crippen LogP contribution in [0.3, 0.4) is 0 Å². The minimum atomic E-state index is -0.732. The molecule has 1 aliphatic heterocycles. The lowest BCUT2D eigenvalue weighted by Gasteiger charge is -2.23. The summed E-state index contributed by atoms with van der Waals surface area (Å²) in [5.74, 6) is 1.07. The predicted octanol–water partition coefficient (Wildman–Crippen LogP) is 5.68. The van der Waals surface area contributed by atoms with Gasteiger partial charge in [0.2, 0.25) is 5.91 Å². The molecule has 4 aromatic rings. The average molecular weight is 544 g/mol. The Morgan fingerprint density at radius 1 is 1.10 bits per heavy atom. The Kier molecular flexibility index (Phi) is 7.88. The Hall–Kier alpha value is -4.18. The monoisotopic (exact) mass is 543 g/mol. The largest absolute Gasteiger partial charge is 0.444 e. The van der Waals surface area contributed by atoms with Crippen LogP contribution < -0.4 is 16.0 Å². The average Bonchev–Trinajstić information content (AvgIpc) is 3.68. The number of fused-ring (bicyclic) bond motifs is 1. The first-order chi connectivity index (χ1) is 19.2. The summed E-state index contributed by atoms with van der Waals surface area (Å²) < 4.78 is 5.32. The summed E-state index contributed by atoms with van der Waals surface area (Å²) in [4.78, 5) is 33.3. The number of ether oxygens (including phenoxy) is 1. The zero-order chi connectivity index (χ0) is 28.3. The highest BCUT2D eigenvalue weighted by molar-refractivity contribution is 6.03. The van der Waals surface area contributed by atoms with Gasteiger partial charge < -0.3 is 25.7 Å². The van der Waals surface area contributed by atoms with Gasteiger partial charge in [-0.2, -0.15) is 5.10 Å². The molecule has 40 heavy (non-hydrogen) atoms. The Morgan fingerprint density at radius 2 is 1.85 bits per heavy atom. The van der Waals surface area contributed by atoms with E-state index in [0.717, 1.165) is 58.5 Å². The molecule has 1 fully saturated rings. The minimum Gasteiger partial charge on any atom is -0.444 e. The number of carbonyl (C=O) groups excluding carboxylic acids is 2. The zero-order valence-corrected chi connectivity index (χ0v) is 23.4. The van der Waals surface area contributed by atoms with Crippen LogP contribution in [0.15, 0.2) is 48.7 Å². The lowest BCUT2D eigenvalue weighted by atomic mass is 10.0. The van der Waals surface area contributed by atoms with Crippen LogP contribution in [-0.4, -0.2) is 50.4 Å². The summed E-state index contributed by atoms with van der Waals surface area (Å²) in [5, 5.41) is 17.1. The summed E-state index contributed by atoms with van der Waals surface area (Å²) in [7, 11) is 0. The van der Waals surface area contributed by atoms with Crippen LogP contribution in [0.4, 0.5) is 10.6 Å². The van der Waals surface area contributed by atoms with Gasteiger partial charge in [0.05, 0.1) is 23.4 Å². The van der Waals surface area contributed by atoms with E-state index in [-0.39, 0.29) is 5.91 Å². The Balaban J connectivity index is 1.27. The van der Waals surface area contributed by atoms with Crippen LogP contribution in [0, 0.1) is 0 Å². The Bertz CT molecular complexity index is 1480. The highest BCUT2D eigenvalue weighted by Gasteiger charge is 2.25. The van der Waals surface area contributed by atoms with Crippen molar-refractivity contribution in [1.29, 1.82) is 0 Å². The molecule has 0 spiro atoms. The number of rotatable bonds is 8. The summed E-state index contributed by atoms with van der Waals surface area (Å²) in [5.41, 5.74) is 4.32. The van der Waals surface area contributed by atoms with E-state index in [0.29, 0.717) is 18.3 Å². The number of carbonyl (C=O) groups is 2. The number of aromatic amines is 2. The molecule has 2 atom stereocenters. The normalized spacial score (nSPS) is 16.1. The van der Waals surface area contributed by atoms with Gasteiger partial charge >= 0.3 is 6.09 Å². The van der Waals surface area contributed by atoms with Crippen molar-refractivity contribution in [3.63, 3.8) is 0 Å². The van der Waals surface area contributed by atoms with Crippen LogP contribution in [0.25, 0.3) is 33.3 Å². The second kappa shape index (κ2) is 11.5. The summed E-state index contributed by atoms with van der Waals surface area (Å²) in [6.07, 6.45) is 4.75. The number of nitrogens with zero attached hydrogens (tertiary/aromatic N) is 2. The molecule has 1 aliphatic rings. The molecule has 5 N–H and O–H groups in total. The van der Waals surface area contributed by atoms with Crippen molar-refractivity contribution in [2.24, 2.45) is 0 Å². The van der Waals surface area contributed by atoms with Crippen molar-refractivity contribution < 1.29 is 14.3 Å². The first-order valence-electron chi connectivity index (χ1n) is 13.9. The maximum atomic E-state index is 13.0. The van der Waals surface area contributed by atoms with Gasteiger partial charge in [0.15, 0.2) is 5.82 Å². The van der Waals surface area contributed by atoms with E-state index in [4.69, 9.17) is 4.74 Å². The van der Waals surface area contributed by atoms with Crippen LogP contribution in [0.5, 0.6) is 0 Å². The molecule has 210 valence electrons. The molecule has 0 bridgehead atoms. The van der Waals surface area contributed by atoms with E-state index < -0.39 is 17.7 Å². The second-order valence-corrected chi connectivity index (χ2v) is 11.2. The maximum Gasteiger partial charge on any atom is 0.408 e. The van der Waals surface area contributed by atoms with E-state index in [1.807, 2.05) is 31.3 Å². The molecule has 3 heterocycles. The number of amides is 2. The van der Waals surface area contributed by atoms with E-state index in [2.05, 4.69) is 60.4 Å². The van der Waals surface area contributed by atoms with Gasteiger partial charge in [-0.3, -0.25) is 9.89 Å². The molecule has 0 radical (unpaired) electrons. The van der Waals surface area contributed by atoms with Gasteiger partial charge in [-0.05, 0) is 75.4 Å².